The number of hydrogen-bond acceptors (Lipinski definition) is 2. The molecule has 3 rings (SSSR count). The fourth-order valence-electron chi connectivity index (χ4n) is 3.18. The minimum atomic E-state index is -0.358. The summed E-state index contributed by atoms with van der Waals surface area (Å²) in [6.07, 6.45) is 8.43. The summed E-state index contributed by atoms with van der Waals surface area (Å²) < 4.78 is 0. The van der Waals surface area contributed by atoms with Crippen molar-refractivity contribution in [1.29, 1.82) is 0 Å². The molecule has 2 heteroatoms. The van der Waals surface area contributed by atoms with E-state index in [1.165, 1.54) is 12.8 Å². The summed E-state index contributed by atoms with van der Waals surface area (Å²) in [7, 11) is 0. The Morgan fingerprint density at radius 2 is 2.15 bits per heavy atom. The highest BCUT2D eigenvalue weighted by Gasteiger charge is 2.43. The number of hydrogen-bond donors (Lipinski definition) is 2. The van der Waals surface area contributed by atoms with Gasteiger partial charge in [-0.3, -0.25) is 0 Å². The summed E-state index contributed by atoms with van der Waals surface area (Å²) in [5.41, 5.74) is -0.358. The Balaban J connectivity index is 1.65. The van der Waals surface area contributed by atoms with E-state index in [0.29, 0.717) is 0 Å². The second kappa shape index (κ2) is 2.58. The van der Waals surface area contributed by atoms with Crippen LogP contribution in [0.4, 0.5) is 0 Å². The molecule has 0 aromatic carbocycles. The van der Waals surface area contributed by atoms with Gasteiger partial charge in [0.15, 0.2) is 0 Å². The van der Waals surface area contributed by atoms with E-state index in [2.05, 4.69) is 17.5 Å². The maximum absolute atomic E-state index is 10.0. The van der Waals surface area contributed by atoms with E-state index >= 15 is 0 Å². The monoisotopic (exact) mass is 179 g/mol. The lowest BCUT2D eigenvalue weighted by Crippen LogP contribution is -2.60. The Morgan fingerprint density at radius 1 is 1.31 bits per heavy atom. The smallest absolute Gasteiger partial charge is 0.0897 e. The van der Waals surface area contributed by atoms with Crippen LogP contribution in [0, 0.1) is 17.8 Å². The average molecular weight is 179 g/mol. The molecule has 13 heavy (non-hydrogen) atoms. The van der Waals surface area contributed by atoms with Crippen molar-refractivity contribution in [3.63, 3.8) is 0 Å². The van der Waals surface area contributed by atoms with Crippen molar-refractivity contribution in [2.75, 3.05) is 13.1 Å². The van der Waals surface area contributed by atoms with Crippen LogP contribution in [0.5, 0.6) is 0 Å². The number of rotatable bonds is 2. The van der Waals surface area contributed by atoms with Gasteiger partial charge < -0.3 is 10.4 Å². The molecule has 0 spiro atoms. The molecule has 3 atom stereocenters. The van der Waals surface area contributed by atoms with Gasteiger partial charge in [-0.2, -0.15) is 0 Å². The van der Waals surface area contributed by atoms with Gasteiger partial charge in [0.25, 0.3) is 0 Å². The minimum Gasteiger partial charge on any atom is -0.387 e. The van der Waals surface area contributed by atoms with Crippen LogP contribution < -0.4 is 5.32 Å². The van der Waals surface area contributed by atoms with Crippen molar-refractivity contribution in [2.24, 2.45) is 17.8 Å². The van der Waals surface area contributed by atoms with E-state index in [1.54, 1.807) is 0 Å². The van der Waals surface area contributed by atoms with Crippen molar-refractivity contribution in [1.82, 2.24) is 5.32 Å². The fraction of sp³-hybridized carbons (Fsp3) is 0.818. The Hall–Kier alpha value is -0.340. The minimum absolute atomic E-state index is 0.358. The summed E-state index contributed by atoms with van der Waals surface area (Å²) in [5, 5.41) is 13.2. The summed E-state index contributed by atoms with van der Waals surface area (Å²) >= 11 is 0. The first-order valence-electron chi connectivity index (χ1n) is 5.37. The number of aliphatic hydroxyl groups is 1. The maximum atomic E-state index is 10.0. The number of nitrogens with one attached hydrogen (secondary N) is 1. The molecule has 1 heterocycles. The summed E-state index contributed by atoms with van der Waals surface area (Å²) in [4.78, 5) is 0. The Bertz CT molecular complexity index is 244. The SMILES string of the molecule is OC1(CC2CC3C=CC2C3)CNC1. The van der Waals surface area contributed by atoms with Crippen molar-refractivity contribution in [3.8, 4) is 0 Å². The maximum Gasteiger partial charge on any atom is 0.0897 e. The zero-order chi connectivity index (χ0) is 8.89. The average Bonchev–Trinajstić information content (AvgIpc) is 2.62. The zero-order valence-corrected chi connectivity index (χ0v) is 7.87. The first-order chi connectivity index (χ1) is 6.25. The van der Waals surface area contributed by atoms with E-state index in [9.17, 15) is 5.11 Å². The molecule has 2 aliphatic carbocycles. The van der Waals surface area contributed by atoms with Gasteiger partial charge >= 0.3 is 0 Å². The van der Waals surface area contributed by atoms with Gasteiger partial charge in [-0.05, 0) is 37.0 Å². The molecule has 2 N–H and O–H groups in total. The largest absolute Gasteiger partial charge is 0.387 e. The number of β-amino-alcohol motifs (C(OH)–C–C–N with tert-alkyl or cyclic N) is 1. The molecule has 2 bridgehead atoms. The Labute approximate surface area is 79.0 Å². The quantitative estimate of drug-likeness (QED) is 0.618. The Kier molecular flexibility index (Phi) is 1.59. The second-order valence-corrected chi connectivity index (χ2v) is 5.07. The van der Waals surface area contributed by atoms with Gasteiger partial charge in [0, 0.05) is 13.1 Å². The molecule has 1 saturated heterocycles. The van der Waals surface area contributed by atoms with E-state index in [1.807, 2.05) is 0 Å². The van der Waals surface area contributed by atoms with Crippen molar-refractivity contribution >= 4 is 0 Å². The van der Waals surface area contributed by atoms with Crippen LogP contribution >= 0.6 is 0 Å². The topological polar surface area (TPSA) is 32.3 Å². The molecule has 3 unspecified atom stereocenters. The lowest BCUT2D eigenvalue weighted by atomic mass is 9.80. The first-order valence-corrected chi connectivity index (χ1v) is 5.37. The third-order valence-corrected chi connectivity index (χ3v) is 3.97. The third kappa shape index (κ3) is 1.24. The van der Waals surface area contributed by atoms with Crippen molar-refractivity contribution in [2.45, 2.75) is 24.9 Å². The summed E-state index contributed by atoms with van der Waals surface area (Å²) in [5.74, 6) is 2.39. The highest BCUT2D eigenvalue weighted by atomic mass is 16.3. The standard InChI is InChI=1S/C11H17NO/c13-11(6-12-7-11)5-10-4-8-1-2-9(10)3-8/h1-2,8-10,12-13H,3-7H2. The molecule has 3 aliphatic rings. The van der Waals surface area contributed by atoms with E-state index in [4.69, 9.17) is 0 Å². The van der Waals surface area contributed by atoms with Crippen LogP contribution in [-0.2, 0) is 0 Å². The van der Waals surface area contributed by atoms with Crippen molar-refractivity contribution in [3.05, 3.63) is 12.2 Å². The molecule has 72 valence electrons. The predicted octanol–water partition coefficient (Wildman–Crippen LogP) is 0.923. The van der Waals surface area contributed by atoms with Crippen LogP contribution in [0.15, 0.2) is 12.2 Å². The Morgan fingerprint density at radius 3 is 2.62 bits per heavy atom. The van der Waals surface area contributed by atoms with Gasteiger partial charge in [-0.1, -0.05) is 12.2 Å². The molecular weight excluding hydrogens is 162 g/mol. The molecule has 0 aromatic rings. The molecular formula is C11H17NO. The van der Waals surface area contributed by atoms with E-state index in [0.717, 1.165) is 37.3 Å². The normalized spacial score (nSPS) is 45.2. The first kappa shape index (κ1) is 8.01. The van der Waals surface area contributed by atoms with Gasteiger partial charge in [0.2, 0.25) is 0 Å². The van der Waals surface area contributed by atoms with Crippen molar-refractivity contribution < 1.29 is 5.11 Å². The summed E-state index contributed by atoms with van der Waals surface area (Å²) in [6.45, 7) is 1.62. The molecule has 0 amide bonds. The molecule has 0 radical (unpaired) electrons. The van der Waals surface area contributed by atoms with Crippen LogP contribution in [-0.4, -0.2) is 23.8 Å². The lowest BCUT2D eigenvalue weighted by molar-refractivity contribution is -0.0331. The van der Waals surface area contributed by atoms with E-state index < -0.39 is 0 Å². The van der Waals surface area contributed by atoms with Crippen LogP contribution in [0.3, 0.4) is 0 Å². The molecule has 2 nitrogen and oxygen atoms in total. The second-order valence-electron chi connectivity index (χ2n) is 5.07. The highest BCUT2D eigenvalue weighted by molar-refractivity contribution is 5.11. The van der Waals surface area contributed by atoms with Gasteiger partial charge in [0.1, 0.15) is 0 Å². The van der Waals surface area contributed by atoms with E-state index in [-0.39, 0.29) is 5.60 Å². The molecule has 2 fully saturated rings. The molecule has 1 saturated carbocycles. The number of fused-ring (bicyclic) bond motifs is 2. The van der Waals surface area contributed by atoms with Gasteiger partial charge in [0.05, 0.1) is 5.60 Å². The van der Waals surface area contributed by atoms with Crippen LogP contribution in [0.1, 0.15) is 19.3 Å². The number of allylic oxidation sites excluding steroid dienone is 2. The zero-order valence-electron chi connectivity index (χ0n) is 7.87. The molecule has 0 aromatic heterocycles. The van der Waals surface area contributed by atoms with Crippen LogP contribution in [0.2, 0.25) is 0 Å². The predicted molar refractivity (Wildman–Crippen MR) is 51.3 cm³/mol. The van der Waals surface area contributed by atoms with Gasteiger partial charge in [-0.25, -0.2) is 0 Å². The van der Waals surface area contributed by atoms with Crippen LogP contribution in [0.25, 0.3) is 0 Å². The highest BCUT2D eigenvalue weighted by Crippen LogP contribution is 2.46. The summed E-state index contributed by atoms with van der Waals surface area (Å²) in [6, 6.07) is 0. The fourth-order valence-corrected chi connectivity index (χ4v) is 3.18. The molecule has 1 aliphatic heterocycles. The lowest BCUT2D eigenvalue weighted by Gasteiger charge is -2.40. The van der Waals surface area contributed by atoms with Gasteiger partial charge in [-0.15, -0.1) is 0 Å². The third-order valence-electron chi connectivity index (χ3n) is 3.97.